The Bertz CT molecular complexity index is 1150. The third kappa shape index (κ3) is 4.85. The molecule has 3 aromatic rings. The number of ether oxygens (including phenoxy) is 2. The maximum Gasteiger partial charge on any atom is 0.359 e. The molecule has 0 aliphatic carbocycles. The summed E-state index contributed by atoms with van der Waals surface area (Å²) in [5, 5.41) is 10.5. The lowest BCUT2D eigenvalue weighted by molar-refractivity contribution is 0.0520. The fourth-order valence-electron chi connectivity index (χ4n) is 2.72. The number of aromatic nitrogens is 2. The number of carbonyl (C=O) groups excluding carboxylic acids is 2. The molecule has 3 rings (SSSR count). The number of anilines is 1. The number of nitrogens with one attached hydrogen (secondary N) is 1. The Labute approximate surface area is 185 Å². The average Bonchev–Trinajstić information content (AvgIpc) is 3.15. The lowest BCUT2D eigenvalue weighted by atomic mass is 10.2. The minimum atomic E-state index is -0.810. The first kappa shape index (κ1) is 21.9. The van der Waals surface area contributed by atoms with Crippen LogP contribution < -0.4 is 10.1 Å². The zero-order valence-electron chi connectivity index (χ0n) is 16.6. The monoisotopic (exact) mass is 484 g/mol. The van der Waals surface area contributed by atoms with Crippen LogP contribution in [0.25, 0.3) is 16.1 Å². The minimum absolute atomic E-state index is 0.0877. The highest BCUT2D eigenvalue weighted by molar-refractivity contribution is 9.10. The van der Waals surface area contributed by atoms with E-state index in [9.17, 15) is 9.59 Å². The first-order valence-corrected chi connectivity index (χ1v) is 9.84. The van der Waals surface area contributed by atoms with Gasteiger partial charge in [0.15, 0.2) is 5.69 Å². The van der Waals surface area contributed by atoms with Crippen LogP contribution in [0.4, 0.5) is 11.4 Å². The van der Waals surface area contributed by atoms with Gasteiger partial charge in [0.05, 0.1) is 19.4 Å². The van der Waals surface area contributed by atoms with Crippen molar-refractivity contribution in [1.82, 2.24) is 9.78 Å². The molecule has 2 aromatic carbocycles. The summed E-state index contributed by atoms with van der Waals surface area (Å²) in [6.07, 6.45) is 0. The SMILES string of the molecule is CCOC(=O)c1nn(-c2ccc(OC)cc2)c(C(=O)Nc2ccc(Br)cc2)c1N=[N+]=[N-]. The normalized spacial score (nSPS) is 10.2. The van der Waals surface area contributed by atoms with Gasteiger partial charge in [0.1, 0.15) is 17.1 Å². The summed E-state index contributed by atoms with van der Waals surface area (Å²) < 4.78 is 12.2. The number of esters is 1. The molecule has 1 aromatic heterocycles. The molecular formula is C20H17BrN6O4. The number of nitrogens with zero attached hydrogens (tertiary/aromatic N) is 5. The molecular weight excluding hydrogens is 468 g/mol. The van der Waals surface area contributed by atoms with E-state index in [2.05, 4.69) is 36.4 Å². The molecule has 0 atom stereocenters. The quantitative estimate of drug-likeness (QED) is 0.217. The van der Waals surface area contributed by atoms with E-state index < -0.39 is 11.9 Å². The topological polar surface area (TPSA) is 131 Å². The van der Waals surface area contributed by atoms with Crippen LogP contribution in [0.2, 0.25) is 0 Å². The van der Waals surface area contributed by atoms with Crippen molar-refractivity contribution in [3.8, 4) is 11.4 Å². The van der Waals surface area contributed by atoms with Crippen molar-refractivity contribution in [2.45, 2.75) is 6.92 Å². The van der Waals surface area contributed by atoms with Gasteiger partial charge in [-0.05, 0) is 61.0 Å². The van der Waals surface area contributed by atoms with Crippen LogP contribution in [-0.2, 0) is 4.74 Å². The lowest BCUT2D eigenvalue weighted by Crippen LogP contribution is -2.17. The smallest absolute Gasteiger partial charge is 0.359 e. The van der Waals surface area contributed by atoms with Gasteiger partial charge < -0.3 is 14.8 Å². The molecule has 10 nitrogen and oxygen atoms in total. The van der Waals surface area contributed by atoms with Gasteiger partial charge in [-0.15, -0.1) is 0 Å². The Morgan fingerprint density at radius 1 is 1.19 bits per heavy atom. The molecule has 0 aliphatic rings. The first-order chi connectivity index (χ1) is 15.0. The summed E-state index contributed by atoms with van der Waals surface area (Å²) in [6, 6.07) is 13.5. The van der Waals surface area contributed by atoms with Crippen molar-refractivity contribution in [1.29, 1.82) is 0 Å². The van der Waals surface area contributed by atoms with E-state index in [0.717, 1.165) is 4.47 Å². The van der Waals surface area contributed by atoms with E-state index >= 15 is 0 Å². The number of carbonyl (C=O) groups is 2. The zero-order valence-corrected chi connectivity index (χ0v) is 18.2. The highest BCUT2D eigenvalue weighted by Gasteiger charge is 2.28. The van der Waals surface area contributed by atoms with Gasteiger partial charge >= 0.3 is 5.97 Å². The van der Waals surface area contributed by atoms with E-state index in [-0.39, 0.29) is 23.7 Å². The van der Waals surface area contributed by atoms with Crippen molar-refractivity contribution >= 4 is 39.2 Å². The van der Waals surface area contributed by atoms with Crippen LogP contribution in [0.1, 0.15) is 27.9 Å². The lowest BCUT2D eigenvalue weighted by Gasteiger charge is -2.10. The summed E-state index contributed by atoms with van der Waals surface area (Å²) in [6.45, 7) is 1.72. The molecule has 1 heterocycles. The van der Waals surface area contributed by atoms with Crippen LogP contribution in [0.15, 0.2) is 58.1 Å². The molecule has 11 heteroatoms. The van der Waals surface area contributed by atoms with E-state index in [1.165, 1.54) is 11.8 Å². The van der Waals surface area contributed by atoms with Gasteiger partial charge in [-0.2, -0.15) is 5.10 Å². The third-order valence-electron chi connectivity index (χ3n) is 4.11. The van der Waals surface area contributed by atoms with Gasteiger partial charge in [0.2, 0.25) is 0 Å². The minimum Gasteiger partial charge on any atom is -0.497 e. The number of halogens is 1. The fourth-order valence-corrected chi connectivity index (χ4v) is 2.99. The fraction of sp³-hybridized carbons (Fsp3) is 0.150. The second-order valence-electron chi connectivity index (χ2n) is 6.03. The number of azide groups is 1. The Hall–Kier alpha value is -3.82. The molecule has 0 saturated heterocycles. The molecule has 1 amide bonds. The number of hydrogen-bond acceptors (Lipinski definition) is 6. The van der Waals surface area contributed by atoms with Crippen molar-refractivity contribution in [2.24, 2.45) is 5.11 Å². The average molecular weight is 485 g/mol. The molecule has 0 spiro atoms. The maximum absolute atomic E-state index is 13.2. The number of hydrogen-bond donors (Lipinski definition) is 1. The van der Waals surface area contributed by atoms with Crippen molar-refractivity contribution < 1.29 is 19.1 Å². The highest BCUT2D eigenvalue weighted by Crippen LogP contribution is 2.30. The van der Waals surface area contributed by atoms with E-state index in [1.807, 2.05) is 0 Å². The second kappa shape index (κ2) is 9.79. The first-order valence-electron chi connectivity index (χ1n) is 9.05. The third-order valence-corrected chi connectivity index (χ3v) is 4.64. The van der Waals surface area contributed by atoms with E-state index in [0.29, 0.717) is 17.1 Å². The van der Waals surface area contributed by atoms with Crippen LogP contribution in [0, 0.1) is 0 Å². The Morgan fingerprint density at radius 3 is 2.45 bits per heavy atom. The zero-order chi connectivity index (χ0) is 22.4. The van der Waals surface area contributed by atoms with E-state index in [1.54, 1.807) is 55.5 Å². The largest absolute Gasteiger partial charge is 0.497 e. The molecule has 0 aliphatic heterocycles. The molecule has 0 fully saturated rings. The van der Waals surface area contributed by atoms with Gasteiger partial charge in [0.25, 0.3) is 5.91 Å². The van der Waals surface area contributed by atoms with Crippen molar-refractivity contribution in [2.75, 3.05) is 19.0 Å². The van der Waals surface area contributed by atoms with Crippen molar-refractivity contribution in [3.63, 3.8) is 0 Å². The van der Waals surface area contributed by atoms with Crippen LogP contribution in [0.3, 0.4) is 0 Å². The standard InChI is InChI=1S/C20H17BrN6O4/c1-3-31-20(29)17-16(24-26-22)18(19(28)23-13-6-4-12(21)5-7-13)27(25-17)14-8-10-15(30-2)11-9-14/h4-11H,3H2,1-2H3,(H,23,28). The summed E-state index contributed by atoms with van der Waals surface area (Å²) in [5.41, 5.74) is 9.38. The van der Waals surface area contributed by atoms with Gasteiger partial charge in [0, 0.05) is 15.1 Å². The number of rotatable bonds is 7. The molecule has 0 bridgehead atoms. The summed E-state index contributed by atoms with van der Waals surface area (Å²) >= 11 is 3.33. The predicted molar refractivity (Wildman–Crippen MR) is 117 cm³/mol. The second-order valence-corrected chi connectivity index (χ2v) is 6.94. The predicted octanol–water partition coefficient (Wildman–Crippen LogP) is 5.01. The maximum atomic E-state index is 13.2. The van der Waals surface area contributed by atoms with Gasteiger partial charge in [-0.25, -0.2) is 9.48 Å². The molecule has 0 unspecified atom stereocenters. The molecule has 31 heavy (non-hydrogen) atoms. The summed E-state index contributed by atoms with van der Waals surface area (Å²) in [5.74, 6) is -0.837. The molecule has 0 saturated carbocycles. The van der Waals surface area contributed by atoms with Gasteiger partial charge in [-0.1, -0.05) is 21.0 Å². The molecule has 158 valence electrons. The van der Waals surface area contributed by atoms with Crippen LogP contribution in [-0.4, -0.2) is 35.4 Å². The van der Waals surface area contributed by atoms with Crippen molar-refractivity contribution in [3.05, 3.63) is 74.8 Å². The van der Waals surface area contributed by atoms with Crippen LogP contribution >= 0.6 is 15.9 Å². The van der Waals surface area contributed by atoms with E-state index in [4.69, 9.17) is 15.0 Å². The Kier molecular flexibility index (Phi) is 6.91. The Morgan fingerprint density at radius 2 is 1.87 bits per heavy atom. The molecule has 0 radical (unpaired) electrons. The number of amides is 1. The van der Waals surface area contributed by atoms with Gasteiger partial charge in [-0.3, -0.25) is 4.79 Å². The molecule has 1 N–H and O–H groups in total. The number of methoxy groups -OCH3 is 1. The summed E-state index contributed by atoms with van der Waals surface area (Å²) in [4.78, 5) is 28.3. The summed E-state index contributed by atoms with van der Waals surface area (Å²) in [7, 11) is 1.53. The van der Waals surface area contributed by atoms with Crippen LogP contribution in [0.5, 0.6) is 5.75 Å². The Balaban J connectivity index is 2.16. The highest BCUT2D eigenvalue weighted by atomic mass is 79.9. The number of benzene rings is 2.